The second-order valence-electron chi connectivity index (χ2n) is 2.75. The lowest BCUT2D eigenvalue weighted by atomic mass is 10.3. The van der Waals surface area contributed by atoms with Gasteiger partial charge in [0, 0.05) is 18.3 Å². The van der Waals surface area contributed by atoms with Crippen molar-refractivity contribution in [3.8, 4) is 5.75 Å². The number of carbonyl (C=O) groups is 1. The lowest BCUT2D eigenvalue weighted by Gasteiger charge is -2.13. The molecule has 0 bridgehead atoms. The molecule has 1 aromatic rings. The fraction of sp³-hybridized carbons (Fsp3) is 0.300. The maximum Gasteiger partial charge on any atom is 0.305 e. The fourth-order valence-corrected chi connectivity index (χ4v) is 1.23. The molecule has 0 fully saturated rings. The maximum atomic E-state index is 10.6. The smallest absolute Gasteiger partial charge is 0.305 e. The van der Waals surface area contributed by atoms with Gasteiger partial charge in [-0.05, 0) is 24.3 Å². The zero-order chi connectivity index (χ0) is 10.6. The summed E-state index contributed by atoms with van der Waals surface area (Å²) in [5.74, 6) is 0.316. The second kappa shape index (κ2) is 5.00. The highest BCUT2D eigenvalue weighted by atomic mass is 79.9. The number of benzene rings is 1. The van der Waals surface area contributed by atoms with Crippen LogP contribution < -0.4 is 4.74 Å². The first-order chi connectivity index (χ1) is 6.58. The normalized spacial score (nSPS) is 11.9. The van der Waals surface area contributed by atoms with Crippen LogP contribution in [0, 0.1) is 0 Å². The predicted molar refractivity (Wildman–Crippen MR) is 56.0 cm³/mol. The summed E-state index contributed by atoms with van der Waals surface area (Å²) in [6.07, 6.45) is -0.561. The van der Waals surface area contributed by atoms with Gasteiger partial charge in [-0.1, -0.05) is 15.9 Å². The lowest BCUT2D eigenvalue weighted by molar-refractivity contribution is -0.158. The molecule has 1 atom stereocenters. The molecular weight excluding hydrogens is 248 g/mol. The van der Waals surface area contributed by atoms with Crippen LogP contribution in [0.5, 0.6) is 5.75 Å². The van der Waals surface area contributed by atoms with E-state index in [9.17, 15) is 4.79 Å². The van der Waals surface area contributed by atoms with Crippen LogP contribution >= 0.6 is 15.9 Å². The van der Waals surface area contributed by atoms with E-state index in [0.29, 0.717) is 5.75 Å². The van der Waals surface area contributed by atoms with Crippen molar-refractivity contribution in [2.24, 2.45) is 0 Å². The van der Waals surface area contributed by atoms with Gasteiger partial charge < -0.3 is 9.47 Å². The van der Waals surface area contributed by atoms with Crippen molar-refractivity contribution in [3.63, 3.8) is 0 Å². The zero-order valence-electron chi connectivity index (χ0n) is 7.99. The number of carbonyl (C=O) groups excluding carboxylic acids is 1. The van der Waals surface area contributed by atoms with Crippen LogP contribution in [0.25, 0.3) is 0 Å². The van der Waals surface area contributed by atoms with Crippen molar-refractivity contribution in [1.82, 2.24) is 0 Å². The van der Waals surface area contributed by atoms with E-state index < -0.39 is 6.29 Å². The molecule has 0 radical (unpaired) electrons. The van der Waals surface area contributed by atoms with E-state index in [1.165, 1.54) is 6.92 Å². The van der Waals surface area contributed by atoms with Gasteiger partial charge in [-0.3, -0.25) is 4.79 Å². The Morgan fingerprint density at radius 2 is 1.93 bits per heavy atom. The second-order valence-corrected chi connectivity index (χ2v) is 3.66. The minimum atomic E-state index is -0.561. The van der Waals surface area contributed by atoms with E-state index in [1.807, 2.05) is 12.1 Å². The highest BCUT2D eigenvalue weighted by Gasteiger charge is 2.05. The van der Waals surface area contributed by atoms with Crippen LogP contribution in [-0.2, 0) is 9.53 Å². The maximum absolute atomic E-state index is 10.6. The van der Waals surface area contributed by atoms with Gasteiger partial charge in [0.15, 0.2) is 0 Å². The average molecular weight is 259 g/mol. The largest absolute Gasteiger partial charge is 0.455 e. The summed E-state index contributed by atoms with van der Waals surface area (Å²) in [5.41, 5.74) is 0. The minimum absolute atomic E-state index is 0.352. The van der Waals surface area contributed by atoms with Crippen LogP contribution in [-0.4, -0.2) is 12.3 Å². The molecule has 0 N–H and O–H groups in total. The Morgan fingerprint density at radius 1 is 1.36 bits per heavy atom. The summed E-state index contributed by atoms with van der Waals surface area (Å²) < 4.78 is 11.1. The summed E-state index contributed by atoms with van der Waals surface area (Å²) in [6, 6.07) is 7.31. The first-order valence-electron chi connectivity index (χ1n) is 4.17. The van der Waals surface area contributed by atoms with Crippen molar-refractivity contribution >= 4 is 21.9 Å². The van der Waals surface area contributed by atoms with Crippen molar-refractivity contribution in [2.45, 2.75) is 20.1 Å². The molecule has 3 nitrogen and oxygen atoms in total. The molecule has 14 heavy (non-hydrogen) atoms. The quantitative estimate of drug-likeness (QED) is 0.618. The molecule has 0 aliphatic rings. The van der Waals surface area contributed by atoms with Gasteiger partial charge in [0.1, 0.15) is 5.75 Å². The molecule has 4 heteroatoms. The highest BCUT2D eigenvalue weighted by molar-refractivity contribution is 9.10. The van der Waals surface area contributed by atoms with Crippen LogP contribution in [0.4, 0.5) is 0 Å². The van der Waals surface area contributed by atoms with Crippen LogP contribution in [0.3, 0.4) is 0 Å². The number of ether oxygens (including phenoxy) is 2. The summed E-state index contributed by atoms with van der Waals surface area (Å²) in [6.45, 7) is 3.02. The molecule has 0 saturated carbocycles. The van der Waals surface area contributed by atoms with Gasteiger partial charge >= 0.3 is 5.97 Å². The third kappa shape index (κ3) is 3.79. The summed E-state index contributed by atoms with van der Waals surface area (Å²) in [7, 11) is 0. The topological polar surface area (TPSA) is 35.5 Å². The average Bonchev–Trinajstić information content (AvgIpc) is 2.07. The van der Waals surface area contributed by atoms with E-state index in [0.717, 1.165) is 4.47 Å². The standard InChI is InChI=1S/C10H11BrO3/c1-7(12)13-8(2)14-10-5-3-9(11)4-6-10/h3-6,8H,1-2H3. The van der Waals surface area contributed by atoms with Crippen LogP contribution in [0.1, 0.15) is 13.8 Å². The van der Waals surface area contributed by atoms with Crippen molar-refractivity contribution < 1.29 is 14.3 Å². The van der Waals surface area contributed by atoms with Crippen molar-refractivity contribution in [1.29, 1.82) is 0 Å². The Morgan fingerprint density at radius 3 is 2.43 bits per heavy atom. The Labute approximate surface area is 91.1 Å². The van der Waals surface area contributed by atoms with E-state index >= 15 is 0 Å². The predicted octanol–water partition coefficient (Wildman–Crippen LogP) is 2.74. The van der Waals surface area contributed by atoms with E-state index in [2.05, 4.69) is 15.9 Å². The Kier molecular flexibility index (Phi) is 3.95. The molecule has 1 aromatic carbocycles. The molecule has 0 spiro atoms. The Hall–Kier alpha value is -1.03. The number of hydrogen-bond acceptors (Lipinski definition) is 3. The first kappa shape index (κ1) is 11.0. The van der Waals surface area contributed by atoms with Gasteiger partial charge in [0.05, 0.1) is 0 Å². The summed E-state index contributed by atoms with van der Waals surface area (Å²) in [4.78, 5) is 10.6. The van der Waals surface area contributed by atoms with E-state index in [1.54, 1.807) is 19.1 Å². The van der Waals surface area contributed by atoms with Gasteiger partial charge in [-0.2, -0.15) is 0 Å². The molecule has 1 unspecified atom stereocenters. The Balaban J connectivity index is 2.51. The molecule has 1 rings (SSSR count). The van der Waals surface area contributed by atoms with Gasteiger partial charge in [-0.25, -0.2) is 0 Å². The Bertz CT molecular complexity index is 308. The molecule has 0 heterocycles. The van der Waals surface area contributed by atoms with Gasteiger partial charge in [-0.15, -0.1) is 0 Å². The molecule has 0 saturated heterocycles. The van der Waals surface area contributed by atoms with E-state index in [-0.39, 0.29) is 5.97 Å². The molecule has 0 amide bonds. The van der Waals surface area contributed by atoms with Gasteiger partial charge in [0.25, 0.3) is 0 Å². The molecule has 0 aromatic heterocycles. The lowest BCUT2D eigenvalue weighted by Crippen LogP contribution is -2.18. The number of rotatable bonds is 3. The molecular formula is C10H11BrO3. The SMILES string of the molecule is CC(=O)OC(C)Oc1ccc(Br)cc1. The third-order valence-corrected chi connectivity index (χ3v) is 1.98. The number of esters is 1. The number of hydrogen-bond donors (Lipinski definition) is 0. The van der Waals surface area contributed by atoms with Crippen LogP contribution in [0.15, 0.2) is 28.7 Å². The van der Waals surface area contributed by atoms with Crippen molar-refractivity contribution in [2.75, 3.05) is 0 Å². The van der Waals surface area contributed by atoms with Crippen LogP contribution in [0.2, 0.25) is 0 Å². The van der Waals surface area contributed by atoms with Gasteiger partial charge in [0.2, 0.25) is 6.29 Å². The molecule has 76 valence electrons. The summed E-state index contributed by atoms with van der Waals surface area (Å²) >= 11 is 3.31. The first-order valence-corrected chi connectivity index (χ1v) is 4.96. The minimum Gasteiger partial charge on any atom is -0.455 e. The molecule has 0 aliphatic carbocycles. The fourth-order valence-electron chi connectivity index (χ4n) is 0.963. The summed E-state index contributed by atoms with van der Waals surface area (Å²) in [5, 5.41) is 0. The monoisotopic (exact) mass is 258 g/mol. The van der Waals surface area contributed by atoms with E-state index in [4.69, 9.17) is 9.47 Å². The van der Waals surface area contributed by atoms with Crippen molar-refractivity contribution in [3.05, 3.63) is 28.7 Å². The molecule has 0 aliphatic heterocycles. The number of halogens is 1. The zero-order valence-corrected chi connectivity index (χ0v) is 9.58. The third-order valence-electron chi connectivity index (χ3n) is 1.45. The highest BCUT2D eigenvalue weighted by Crippen LogP contribution is 2.17.